The third-order valence-electron chi connectivity index (χ3n) is 0.408. The molecule has 0 unspecified atom stereocenters. The Bertz CT molecular complexity index is 21.5. The predicted molar refractivity (Wildman–Crippen MR) is 44.9 cm³/mol. The molecule has 0 rings (SSSR count). The Hall–Kier alpha value is 1.94. The van der Waals surface area contributed by atoms with Gasteiger partial charge >= 0.3 is 37.0 Å². The van der Waals surface area contributed by atoms with Gasteiger partial charge in [-0.15, -0.1) is 0 Å². The van der Waals surface area contributed by atoms with Crippen LogP contribution >= 0.6 is 18.1 Å². The van der Waals surface area contributed by atoms with Crippen molar-refractivity contribution >= 4 is 55.2 Å². The molecule has 0 nitrogen and oxygen atoms in total. The molecule has 0 spiro atoms. The maximum absolute atomic E-state index is 4.90. The number of rotatable bonds is 1. The molecule has 0 aromatic carbocycles. The van der Waals surface area contributed by atoms with E-state index in [2.05, 4.69) is 20.3 Å². The molecule has 0 aromatic heterocycles. The minimum atomic E-state index is -0.639. The molecular weight excluding hydrogens is 150 g/mol. The van der Waals surface area contributed by atoms with E-state index < -0.39 is 18.2 Å². The van der Waals surface area contributed by atoms with Gasteiger partial charge in [-0.3, -0.25) is 0 Å². The van der Waals surface area contributed by atoms with Gasteiger partial charge < -0.3 is 18.1 Å². The van der Waals surface area contributed by atoms with E-state index in [1.165, 1.54) is 6.42 Å². The average Bonchev–Trinajstić information content (AvgIpc) is 1.69. The van der Waals surface area contributed by atoms with Crippen molar-refractivity contribution in [3.8, 4) is 0 Å². The molecule has 0 heterocycles. The van der Waals surface area contributed by atoms with Crippen LogP contribution in [0.3, 0.4) is 0 Å². The van der Waals surface area contributed by atoms with Crippen LogP contribution in [0.5, 0.6) is 0 Å². The molecule has 0 atom stereocenters. The first kappa shape index (κ1) is 16.5. The fourth-order valence-electron chi connectivity index (χ4n) is 0. The number of hydrogen-bond donors (Lipinski definition) is 0. The van der Waals surface area contributed by atoms with Crippen LogP contribution in [0, 0.1) is 6.42 Å². The molecule has 0 saturated heterocycles. The van der Waals surface area contributed by atoms with Crippen LogP contribution < -0.4 is 0 Å². The normalized spacial score (nSPS) is 5.00. The van der Waals surface area contributed by atoms with Crippen molar-refractivity contribution in [1.29, 1.82) is 0 Å². The second-order valence-corrected chi connectivity index (χ2v) is 3.54. The summed E-state index contributed by atoms with van der Waals surface area (Å²) < 4.78 is 0. The van der Waals surface area contributed by atoms with E-state index in [0.717, 1.165) is 0 Å². The van der Waals surface area contributed by atoms with Crippen molar-refractivity contribution in [2.75, 3.05) is 0 Å². The summed E-state index contributed by atoms with van der Waals surface area (Å²) >= 11 is -0.639. The number of unbranched alkanes of at least 4 members (excludes halogenated alkanes) is 1. The topological polar surface area (TPSA) is 0 Å². The van der Waals surface area contributed by atoms with Crippen molar-refractivity contribution in [2.45, 2.75) is 20.3 Å². The first-order valence-electron chi connectivity index (χ1n) is 2.23. The van der Waals surface area contributed by atoms with E-state index in [-0.39, 0.29) is 18.9 Å². The van der Waals surface area contributed by atoms with Gasteiger partial charge in [0.2, 0.25) is 0 Å². The van der Waals surface area contributed by atoms with Crippen molar-refractivity contribution in [3.63, 3.8) is 0 Å². The zero-order valence-corrected chi connectivity index (χ0v) is 7.67. The molecular formula is C4H10Cl2LiMg. The van der Waals surface area contributed by atoms with Crippen LogP contribution in [-0.2, 0) is 0 Å². The summed E-state index contributed by atoms with van der Waals surface area (Å²) in [7, 11) is 9.81. The monoisotopic (exact) mass is 159 g/mol. The fourth-order valence-corrected chi connectivity index (χ4v) is 0. The third kappa shape index (κ3) is 44.2. The van der Waals surface area contributed by atoms with Gasteiger partial charge in [0.25, 0.3) is 0 Å². The first-order valence-corrected chi connectivity index (χ1v) is 6.50. The molecule has 0 aliphatic heterocycles. The molecule has 8 heavy (non-hydrogen) atoms. The van der Waals surface area contributed by atoms with E-state index in [9.17, 15) is 0 Å². The van der Waals surface area contributed by atoms with E-state index >= 15 is 0 Å². The van der Waals surface area contributed by atoms with E-state index in [0.29, 0.717) is 0 Å². The summed E-state index contributed by atoms with van der Waals surface area (Å²) in [6.07, 6.45) is 3.32. The average molecular weight is 160 g/mol. The molecule has 1 radical (unpaired) electrons. The predicted octanol–water partition coefficient (Wildman–Crippen LogP) is 1.97. The molecule has 0 aliphatic rings. The third-order valence-corrected chi connectivity index (χ3v) is 0.408. The van der Waals surface area contributed by atoms with Gasteiger partial charge in [0, 0.05) is 0 Å². The van der Waals surface area contributed by atoms with Crippen LogP contribution in [0.2, 0.25) is 0 Å². The number of halogens is 2. The SMILES string of the molecule is C[CH]CC.[Cl][Mg][Cl].[LiH]. The van der Waals surface area contributed by atoms with E-state index in [4.69, 9.17) is 18.1 Å². The van der Waals surface area contributed by atoms with Crippen LogP contribution in [0.15, 0.2) is 0 Å². The van der Waals surface area contributed by atoms with Gasteiger partial charge in [0.15, 0.2) is 0 Å². The molecule has 0 aliphatic carbocycles. The van der Waals surface area contributed by atoms with Gasteiger partial charge in [0.1, 0.15) is 0 Å². The second kappa shape index (κ2) is 23.1. The van der Waals surface area contributed by atoms with E-state index in [1.807, 2.05) is 0 Å². The van der Waals surface area contributed by atoms with E-state index in [1.54, 1.807) is 0 Å². The second-order valence-electron chi connectivity index (χ2n) is 0.918. The van der Waals surface area contributed by atoms with Crippen LogP contribution in [0.1, 0.15) is 20.3 Å². The quantitative estimate of drug-likeness (QED) is 0.514. The molecule has 0 saturated carbocycles. The van der Waals surface area contributed by atoms with Crippen molar-refractivity contribution in [3.05, 3.63) is 6.42 Å². The maximum atomic E-state index is 4.90. The summed E-state index contributed by atoms with van der Waals surface area (Å²) in [6.45, 7) is 4.18. The summed E-state index contributed by atoms with van der Waals surface area (Å²) in [4.78, 5) is 0. The summed E-state index contributed by atoms with van der Waals surface area (Å²) in [5.41, 5.74) is 0. The Labute approximate surface area is 81.1 Å². The molecule has 0 amide bonds. The summed E-state index contributed by atoms with van der Waals surface area (Å²) in [5.74, 6) is 0. The van der Waals surface area contributed by atoms with Crippen molar-refractivity contribution < 1.29 is 0 Å². The zero-order chi connectivity index (χ0) is 6.12. The van der Waals surface area contributed by atoms with Crippen LogP contribution in [-0.4, -0.2) is 37.0 Å². The molecule has 43 valence electrons. The molecule has 4 heteroatoms. The minimum absolute atomic E-state index is 0. The molecule has 0 aromatic rings. The fraction of sp³-hybridized carbons (Fsp3) is 0.750. The van der Waals surface area contributed by atoms with Gasteiger partial charge in [0.05, 0.1) is 0 Å². The Morgan fingerprint density at radius 2 is 1.62 bits per heavy atom. The summed E-state index contributed by atoms with van der Waals surface area (Å²) in [5, 5.41) is 0. The molecule has 0 N–H and O–H groups in total. The van der Waals surface area contributed by atoms with Gasteiger partial charge in [-0.25, -0.2) is 0 Å². The first-order chi connectivity index (χ1) is 3.33. The zero-order valence-electron chi connectivity index (χ0n) is 4.75. The van der Waals surface area contributed by atoms with Crippen LogP contribution in [0.4, 0.5) is 0 Å². The summed E-state index contributed by atoms with van der Waals surface area (Å²) in [6, 6.07) is 0. The Morgan fingerprint density at radius 3 is 1.62 bits per heavy atom. The van der Waals surface area contributed by atoms with Gasteiger partial charge in [-0.2, -0.15) is 0 Å². The van der Waals surface area contributed by atoms with Crippen molar-refractivity contribution in [2.24, 2.45) is 0 Å². The Kier molecular flexibility index (Phi) is 47.6. The van der Waals surface area contributed by atoms with Crippen molar-refractivity contribution in [1.82, 2.24) is 0 Å². The Balaban J connectivity index is -0.0000000575. The number of hydrogen-bond acceptors (Lipinski definition) is 0. The molecule has 0 bridgehead atoms. The van der Waals surface area contributed by atoms with Gasteiger partial charge in [-0.1, -0.05) is 20.3 Å². The molecule has 0 fully saturated rings. The standard InChI is InChI=1S/C4H9.2ClH.Li.Mg.H/c1-3-4-2;;;;;/h3H,4H2,1-2H3;2*1H;;;/q;;;;+2;/p-2. The Morgan fingerprint density at radius 1 is 1.50 bits per heavy atom. The van der Waals surface area contributed by atoms with Crippen LogP contribution in [0.25, 0.3) is 0 Å². The van der Waals surface area contributed by atoms with Gasteiger partial charge in [-0.05, 0) is 6.42 Å².